The lowest BCUT2D eigenvalue weighted by Gasteiger charge is -1.98. The summed E-state index contributed by atoms with van der Waals surface area (Å²) in [6.45, 7) is 0. The SMILES string of the molecule is O=S(=O)(O)c1c[nH]c(-c2ccccc2F)c1. The highest BCUT2D eigenvalue weighted by Gasteiger charge is 2.14. The van der Waals surface area contributed by atoms with Crippen LogP contribution in [0.2, 0.25) is 0 Å². The van der Waals surface area contributed by atoms with E-state index in [1.165, 1.54) is 24.3 Å². The van der Waals surface area contributed by atoms with Crippen LogP contribution < -0.4 is 0 Å². The normalized spacial score (nSPS) is 11.6. The summed E-state index contributed by atoms with van der Waals surface area (Å²) in [4.78, 5) is 2.30. The van der Waals surface area contributed by atoms with Crippen LogP contribution in [-0.2, 0) is 10.1 Å². The van der Waals surface area contributed by atoms with Gasteiger partial charge < -0.3 is 4.98 Å². The monoisotopic (exact) mass is 241 g/mol. The van der Waals surface area contributed by atoms with Gasteiger partial charge in [-0.25, -0.2) is 4.39 Å². The molecule has 0 aliphatic rings. The second kappa shape index (κ2) is 3.73. The molecule has 0 amide bonds. The van der Waals surface area contributed by atoms with Crippen molar-refractivity contribution in [1.29, 1.82) is 0 Å². The van der Waals surface area contributed by atoms with Gasteiger partial charge in [0.1, 0.15) is 10.7 Å². The quantitative estimate of drug-likeness (QED) is 0.791. The van der Waals surface area contributed by atoms with E-state index in [-0.39, 0.29) is 10.5 Å². The zero-order valence-corrected chi connectivity index (χ0v) is 8.83. The van der Waals surface area contributed by atoms with Crippen LogP contribution in [0.4, 0.5) is 4.39 Å². The molecule has 0 unspecified atom stereocenters. The first kappa shape index (κ1) is 10.8. The predicted molar refractivity (Wildman–Crippen MR) is 56.0 cm³/mol. The molecule has 0 radical (unpaired) electrons. The molecule has 6 heteroatoms. The van der Waals surface area contributed by atoms with Crippen molar-refractivity contribution >= 4 is 10.1 Å². The minimum Gasteiger partial charge on any atom is -0.360 e. The molecule has 0 fully saturated rings. The number of rotatable bonds is 2. The summed E-state index contributed by atoms with van der Waals surface area (Å²) >= 11 is 0. The fourth-order valence-corrected chi connectivity index (χ4v) is 1.83. The standard InChI is InChI=1S/C10H8FNO3S/c11-9-4-2-1-3-8(9)10-5-7(6-12-10)16(13,14)15/h1-6,12H,(H,13,14,15). The van der Waals surface area contributed by atoms with Crippen LogP contribution in [0.15, 0.2) is 41.4 Å². The number of benzene rings is 1. The molecule has 0 bridgehead atoms. The molecular weight excluding hydrogens is 233 g/mol. The highest BCUT2D eigenvalue weighted by Crippen LogP contribution is 2.23. The topological polar surface area (TPSA) is 70.2 Å². The van der Waals surface area contributed by atoms with Gasteiger partial charge in [-0.3, -0.25) is 4.55 Å². The summed E-state index contributed by atoms with van der Waals surface area (Å²) in [6, 6.07) is 7.11. The number of aromatic nitrogens is 1. The van der Waals surface area contributed by atoms with Gasteiger partial charge in [-0.2, -0.15) is 8.42 Å². The Morgan fingerprint density at radius 3 is 2.50 bits per heavy atom. The van der Waals surface area contributed by atoms with Crippen LogP contribution in [0, 0.1) is 5.82 Å². The number of halogens is 1. The highest BCUT2D eigenvalue weighted by atomic mass is 32.2. The lowest BCUT2D eigenvalue weighted by Crippen LogP contribution is -1.94. The summed E-state index contributed by atoms with van der Waals surface area (Å²) in [6.07, 6.45) is 1.11. The molecule has 2 aromatic rings. The molecule has 2 N–H and O–H groups in total. The summed E-state index contributed by atoms with van der Waals surface area (Å²) in [5, 5.41) is 0. The second-order valence-corrected chi connectivity index (χ2v) is 4.63. The Hall–Kier alpha value is -1.66. The zero-order valence-electron chi connectivity index (χ0n) is 8.01. The van der Waals surface area contributed by atoms with Crippen molar-refractivity contribution in [2.24, 2.45) is 0 Å². The number of aromatic amines is 1. The second-order valence-electron chi connectivity index (χ2n) is 3.20. The third-order valence-electron chi connectivity index (χ3n) is 2.12. The van der Waals surface area contributed by atoms with E-state index in [1.807, 2.05) is 0 Å². The maximum Gasteiger partial charge on any atom is 0.296 e. The van der Waals surface area contributed by atoms with Gasteiger partial charge in [0, 0.05) is 17.5 Å². The number of H-pyrrole nitrogens is 1. The maximum absolute atomic E-state index is 13.3. The smallest absolute Gasteiger partial charge is 0.296 e. The molecule has 16 heavy (non-hydrogen) atoms. The van der Waals surface area contributed by atoms with Crippen LogP contribution in [-0.4, -0.2) is 18.0 Å². The number of hydrogen-bond donors (Lipinski definition) is 2. The van der Waals surface area contributed by atoms with E-state index in [9.17, 15) is 12.8 Å². The molecule has 1 heterocycles. The van der Waals surface area contributed by atoms with Crippen molar-refractivity contribution in [3.8, 4) is 11.3 Å². The van der Waals surface area contributed by atoms with Crippen molar-refractivity contribution in [2.75, 3.05) is 0 Å². The summed E-state index contributed by atoms with van der Waals surface area (Å²) < 4.78 is 43.7. The Morgan fingerprint density at radius 1 is 1.25 bits per heavy atom. The molecule has 0 aliphatic carbocycles. The van der Waals surface area contributed by atoms with Gasteiger partial charge in [0.05, 0.1) is 0 Å². The van der Waals surface area contributed by atoms with E-state index in [0.29, 0.717) is 5.69 Å². The van der Waals surface area contributed by atoms with E-state index in [1.54, 1.807) is 6.07 Å². The van der Waals surface area contributed by atoms with E-state index in [4.69, 9.17) is 4.55 Å². The highest BCUT2D eigenvalue weighted by molar-refractivity contribution is 7.85. The molecule has 4 nitrogen and oxygen atoms in total. The minimum atomic E-state index is -4.26. The zero-order chi connectivity index (χ0) is 11.8. The predicted octanol–water partition coefficient (Wildman–Crippen LogP) is 2.07. The molecule has 0 saturated heterocycles. The Labute approximate surface area is 91.5 Å². The van der Waals surface area contributed by atoms with Gasteiger partial charge >= 0.3 is 0 Å². The molecule has 84 valence electrons. The van der Waals surface area contributed by atoms with Gasteiger partial charge in [0.25, 0.3) is 10.1 Å². The van der Waals surface area contributed by atoms with Crippen molar-refractivity contribution in [1.82, 2.24) is 4.98 Å². The maximum atomic E-state index is 13.3. The van der Waals surface area contributed by atoms with Gasteiger partial charge in [0.15, 0.2) is 0 Å². The molecule has 0 atom stereocenters. The molecule has 1 aromatic carbocycles. The first-order valence-electron chi connectivity index (χ1n) is 4.39. The Bertz CT molecular complexity index is 618. The molecule has 0 aliphatic heterocycles. The van der Waals surface area contributed by atoms with E-state index in [0.717, 1.165) is 6.20 Å². The van der Waals surface area contributed by atoms with Gasteiger partial charge in [-0.1, -0.05) is 12.1 Å². The summed E-state index contributed by atoms with van der Waals surface area (Å²) in [5.41, 5.74) is 0.545. The molecule has 1 aromatic heterocycles. The lowest BCUT2D eigenvalue weighted by molar-refractivity contribution is 0.483. The van der Waals surface area contributed by atoms with E-state index < -0.39 is 15.9 Å². The summed E-state index contributed by atoms with van der Waals surface area (Å²) in [5.74, 6) is -0.466. The van der Waals surface area contributed by atoms with Gasteiger partial charge in [-0.15, -0.1) is 0 Å². The largest absolute Gasteiger partial charge is 0.360 e. The Balaban J connectivity index is 2.52. The van der Waals surface area contributed by atoms with Crippen LogP contribution in [0.1, 0.15) is 0 Å². The Morgan fingerprint density at radius 2 is 1.94 bits per heavy atom. The molecule has 2 rings (SSSR count). The molecule has 0 saturated carbocycles. The van der Waals surface area contributed by atoms with Gasteiger partial charge in [0.2, 0.25) is 0 Å². The fraction of sp³-hybridized carbons (Fsp3) is 0. The Kier molecular flexibility index (Phi) is 2.53. The van der Waals surface area contributed by atoms with Crippen LogP contribution in [0.3, 0.4) is 0 Å². The third-order valence-corrected chi connectivity index (χ3v) is 2.95. The fourth-order valence-electron chi connectivity index (χ4n) is 1.36. The lowest BCUT2D eigenvalue weighted by atomic mass is 10.1. The van der Waals surface area contributed by atoms with Crippen molar-refractivity contribution in [3.63, 3.8) is 0 Å². The van der Waals surface area contributed by atoms with Crippen LogP contribution in [0.25, 0.3) is 11.3 Å². The number of hydrogen-bond acceptors (Lipinski definition) is 2. The number of nitrogens with one attached hydrogen (secondary N) is 1. The average molecular weight is 241 g/mol. The minimum absolute atomic E-state index is 0.248. The van der Waals surface area contributed by atoms with Crippen LogP contribution >= 0.6 is 0 Å². The van der Waals surface area contributed by atoms with Crippen molar-refractivity contribution < 1.29 is 17.4 Å². The molecular formula is C10H8FNO3S. The van der Waals surface area contributed by atoms with E-state index >= 15 is 0 Å². The molecule has 0 spiro atoms. The van der Waals surface area contributed by atoms with Gasteiger partial charge in [-0.05, 0) is 18.2 Å². The first-order valence-corrected chi connectivity index (χ1v) is 5.83. The average Bonchev–Trinajstić information content (AvgIpc) is 2.66. The van der Waals surface area contributed by atoms with E-state index in [2.05, 4.69) is 4.98 Å². The first-order chi connectivity index (χ1) is 7.48. The summed E-state index contributed by atoms with van der Waals surface area (Å²) in [7, 11) is -4.26. The van der Waals surface area contributed by atoms with Crippen LogP contribution in [0.5, 0.6) is 0 Å². The third kappa shape index (κ3) is 1.98. The van der Waals surface area contributed by atoms with Crippen molar-refractivity contribution in [2.45, 2.75) is 4.90 Å². The van der Waals surface area contributed by atoms with Crippen molar-refractivity contribution in [3.05, 3.63) is 42.3 Å².